The lowest BCUT2D eigenvalue weighted by Crippen LogP contribution is -2.30. The van der Waals surface area contributed by atoms with Crippen molar-refractivity contribution in [2.75, 3.05) is 13.7 Å². The van der Waals surface area contributed by atoms with Crippen LogP contribution in [0.2, 0.25) is 0 Å². The van der Waals surface area contributed by atoms with Crippen molar-refractivity contribution < 1.29 is 19.4 Å². The lowest BCUT2D eigenvalue weighted by Gasteiger charge is -2.26. The van der Waals surface area contributed by atoms with Crippen LogP contribution in [-0.2, 0) is 21.4 Å². The summed E-state index contributed by atoms with van der Waals surface area (Å²) < 4.78 is 5.53. The highest BCUT2D eigenvalue weighted by molar-refractivity contribution is 6.46. The van der Waals surface area contributed by atoms with E-state index in [1.807, 2.05) is 36.4 Å². The molecule has 34 heavy (non-hydrogen) atoms. The Kier molecular flexibility index (Phi) is 7.86. The highest BCUT2D eigenvalue weighted by Crippen LogP contribution is 2.42. The van der Waals surface area contributed by atoms with Gasteiger partial charge >= 0.3 is 0 Å². The van der Waals surface area contributed by atoms with Crippen molar-refractivity contribution in [1.29, 1.82) is 0 Å². The number of ketones is 1. The summed E-state index contributed by atoms with van der Waals surface area (Å²) >= 11 is 0. The normalized spacial score (nSPS) is 17.9. The third-order valence-electron chi connectivity index (χ3n) is 6.57. The van der Waals surface area contributed by atoms with Gasteiger partial charge < -0.3 is 14.7 Å². The average molecular weight is 464 g/mol. The van der Waals surface area contributed by atoms with E-state index in [0.717, 1.165) is 36.8 Å². The van der Waals surface area contributed by atoms with Crippen molar-refractivity contribution in [3.05, 3.63) is 70.3 Å². The zero-order chi connectivity index (χ0) is 25.0. The number of amides is 1. The molecule has 0 bridgehead atoms. The van der Waals surface area contributed by atoms with E-state index in [2.05, 4.69) is 34.6 Å². The largest absolute Gasteiger partial charge is 0.507 e. The van der Waals surface area contributed by atoms with Gasteiger partial charge in [-0.15, -0.1) is 0 Å². The smallest absolute Gasteiger partial charge is 0.295 e. The second kappa shape index (κ2) is 10.5. The van der Waals surface area contributed by atoms with Gasteiger partial charge in [-0.3, -0.25) is 9.59 Å². The van der Waals surface area contributed by atoms with E-state index in [9.17, 15) is 14.7 Å². The van der Waals surface area contributed by atoms with E-state index >= 15 is 0 Å². The van der Waals surface area contributed by atoms with Crippen LogP contribution in [0, 0.1) is 0 Å². The number of carbonyl (C=O) groups excluding carboxylic acids is 2. The molecule has 0 aliphatic carbocycles. The summed E-state index contributed by atoms with van der Waals surface area (Å²) in [4.78, 5) is 28.1. The van der Waals surface area contributed by atoms with Crippen LogP contribution < -0.4 is 4.74 Å². The number of aryl methyl sites for hydroxylation is 1. The van der Waals surface area contributed by atoms with Crippen LogP contribution in [0.3, 0.4) is 0 Å². The molecule has 2 aromatic rings. The number of methoxy groups -OCH3 is 1. The summed E-state index contributed by atoms with van der Waals surface area (Å²) in [7, 11) is 1.53. The van der Waals surface area contributed by atoms with Crippen LogP contribution in [0.25, 0.3) is 5.76 Å². The summed E-state index contributed by atoms with van der Waals surface area (Å²) in [6.45, 7) is 10.9. The number of hydrogen-bond donors (Lipinski definition) is 1. The van der Waals surface area contributed by atoms with Gasteiger partial charge in [0.1, 0.15) is 11.5 Å². The topological polar surface area (TPSA) is 66.8 Å². The molecule has 0 radical (unpaired) electrons. The van der Waals surface area contributed by atoms with Crippen molar-refractivity contribution in [2.24, 2.45) is 0 Å². The molecule has 1 saturated heterocycles. The predicted octanol–water partition coefficient (Wildman–Crippen LogP) is 6.17. The zero-order valence-electron chi connectivity index (χ0n) is 21.3. The first-order valence-electron chi connectivity index (χ1n) is 12.2. The Balaban J connectivity index is 2.21. The lowest BCUT2D eigenvalue weighted by molar-refractivity contribution is -0.139. The molecule has 1 amide bonds. The van der Waals surface area contributed by atoms with Crippen LogP contribution in [0.15, 0.2) is 48.0 Å². The van der Waals surface area contributed by atoms with E-state index in [4.69, 9.17) is 4.74 Å². The third-order valence-corrected chi connectivity index (χ3v) is 6.57. The van der Waals surface area contributed by atoms with E-state index < -0.39 is 17.7 Å². The molecule has 5 heteroatoms. The molecule has 1 heterocycles. The van der Waals surface area contributed by atoms with Crippen LogP contribution in [0.4, 0.5) is 0 Å². The summed E-state index contributed by atoms with van der Waals surface area (Å²) in [6.07, 6.45) is 3.67. The van der Waals surface area contributed by atoms with Gasteiger partial charge in [-0.2, -0.15) is 0 Å². The van der Waals surface area contributed by atoms with Crippen LogP contribution in [0.1, 0.15) is 82.2 Å². The van der Waals surface area contributed by atoms with E-state index in [1.165, 1.54) is 12.7 Å². The molecule has 1 aliphatic heterocycles. The highest BCUT2D eigenvalue weighted by Gasteiger charge is 2.46. The number of unbranched alkanes of at least 4 members (excludes halogenated alkanes) is 2. The third kappa shape index (κ3) is 5.03. The minimum absolute atomic E-state index is 0.120. The number of likely N-dealkylation sites (tertiary alicyclic amines) is 1. The SMILES string of the molecule is CCCCCN1C(=O)C(=O)/C(=C(/O)c2cc(C(C)(C)C)ccc2OC)C1c1ccc(CC)cc1. The fourth-order valence-corrected chi connectivity index (χ4v) is 4.43. The summed E-state index contributed by atoms with van der Waals surface area (Å²) in [6, 6.07) is 12.9. The highest BCUT2D eigenvalue weighted by atomic mass is 16.5. The maximum Gasteiger partial charge on any atom is 0.295 e. The summed E-state index contributed by atoms with van der Waals surface area (Å²) in [5, 5.41) is 11.5. The molecule has 0 saturated carbocycles. The van der Waals surface area contributed by atoms with Crippen molar-refractivity contribution >= 4 is 17.4 Å². The monoisotopic (exact) mass is 463 g/mol. The molecule has 3 rings (SSSR count). The zero-order valence-corrected chi connectivity index (χ0v) is 21.3. The van der Waals surface area contributed by atoms with Gasteiger partial charge in [0.25, 0.3) is 11.7 Å². The fourth-order valence-electron chi connectivity index (χ4n) is 4.43. The average Bonchev–Trinajstić information content (AvgIpc) is 3.07. The molecule has 182 valence electrons. The number of ether oxygens (including phenoxy) is 1. The quantitative estimate of drug-likeness (QED) is 0.220. The van der Waals surface area contributed by atoms with Crippen LogP contribution in [-0.4, -0.2) is 35.4 Å². The Morgan fingerprint density at radius 2 is 1.71 bits per heavy atom. The maximum atomic E-state index is 13.3. The number of aliphatic hydroxyl groups excluding tert-OH is 1. The van der Waals surface area contributed by atoms with Gasteiger partial charge in [-0.25, -0.2) is 0 Å². The van der Waals surface area contributed by atoms with Crippen molar-refractivity contribution in [3.63, 3.8) is 0 Å². The second-order valence-corrected chi connectivity index (χ2v) is 9.96. The van der Waals surface area contributed by atoms with Gasteiger partial charge in [0.05, 0.1) is 24.3 Å². The summed E-state index contributed by atoms with van der Waals surface area (Å²) in [5.41, 5.74) is 3.37. The first-order valence-corrected chi connectivity index (χ1v) is 12.2. The molecule has 0 spiro atoms. The molecule has 1 aliphatic rings. The molecule has 1 unspecified atom stereocenters. The first-order chi connectivity index (χ1) is 16.1. The molecule has 2 aromatic carbocycles. The number of hydrogen-bond acceptors (Lipinski definition) is 4. The van der Waals surface area contributed by atoms with Gasteiger partial charge in [-0.05, 0) is 47.1 Å². The number of aliphatic hydroxyl groups is 1. The number of Topliss-reactive ketones (excluding diaryl/α,β-unsaturated/α-hetero) is 1. The first kappa shape index (κ1) is 25.5. The van der Waals surface area contributed by atoms with E-state index in [1.54, 1.807) is 11.0 Å². The van der Waals surface area contributed by atoms with Crippen molar-refractivity contribution in [2.45, 2.75) is 71.8 Å². The molecule has 1 fully saturated rings. The Bertz CT molecular complexity index is 1080. The van der Waals surface area contributed by atoms with Crippen LogP contribution in [0.5, 0.6) is 5.75 Å². The van der Waals surface area contributed by atoms with Crippen molar-refractivity contribution in [1.82, 2.24) is 4.90 Å². The molecular formula is C29H37NO4. The van der Waals surface area contributed by atoms with Gasteiger partial charge in [0.15, 0.2) is 0 Å². The predicted molar refractivity (Wildman–Crippen MR) is 136 cm³/mol. The molecule has 1 atom stereocenters. The van der Waals surface area contributed by atoms with Crippen molar-refractivity contribution in [3.8, 4) is 5.75 Å². The molecule has 1 N–H and O–H groups in total. The molecule has 5 nitrogen and oxygen atoms in total. The standard InChI is InChI=1S/C29H37NO4/c1-7-9-10-17-30-25(20-13-11-19(8-2)12-14-20)24(27(32)28(30)33)26(31)22-18-21(29(3,4)5)15-16-23(22)34-6/h11-16,18,25,31H,7-10,17H2,1-6H3/b26-24+. The van der Waals surface area contributed by atoms with Gasteiger partial charge in [0, 0.05) is 6.54 Å². The second-order valence-electron chi connectivity index (χ2n) is 9.96. The number of benzene rings is 2. The maximum absolute atomic E-state index is 13.3. The Morgan fingerprint density at radius 3 is 2.26 bits per heavy atom. The minimum atomic E-state index is -0.651. The Morgan fingerprint density at radius 1 is 1.03 bits per heavy atom. The Labute approximate surface area is 203 Å². The number of rotatable bonds is 8. The molecular weight excluding hydrogens is 426 g/mol. The fraction of sp³-hybridized carbons (Fsp3) is 0.448. The number of carbonyl (C=O) groups is 2. The van der Waals surface area contributed by atoms with Crippen LogP contribution >= 0.6 is 0 Å². The molecule has 0 aromatic heterocycles. The van der Waals surface area contributed by atoms with E-state index in [0.29, 0.717) is 17.9 Å². The van der Waals surface area contributed by atoms with E-state index in [-0.39, 0.29) is 16.7 Å². The van der Waals surface area contributed by atoms with Gasteiger partial charge in [0.2, 0.25) is 0 Å². The summed E-state index contributed by atoms with van der Waals surface area (Å²) in [5.74, 6) is -0.943. The minimum Gasteiger partial charge on any atom is -0.507 e. The number of nitrogens with zero attached hydrogens (tertiary/aromatic N) is 1. The Hall–Kier alpha value is -3.08. The lowest BCUT2D eigenvalue weighted by atomic mass is 9.85. The van der Waals surface area contributed by atoms with Gasteiger partial charge in [-0.1, -0.05) is 77.8 Å².